The van der Waals surface area contributed by atoms with E-state index in [1.807, 2.05) is 6.07 Å². The predicted octanol–water partition coefficient (Wildman–Crippen LogP) is 0.978. The summed E-state index contributed by atoms with van der Waals surface area (Å²) in [6.45, 7) is 1.74. The van der Waals surface area contributed by atoms with Crippen LogP contribution in [0.1, 0.15) is 11.1 Å². The van der Waals surface area contributed by atoms with Crippen LogP contribution in [0.25, 0.3) is 0 Å². The van der Waals surface area contributed by atoms with Crippen molar-refractivity contribution in [2.45, 2.75) is 6.92 Å². The molecule has 1 rings (SSSR count). The number of esters is 1. The van der Waals surface area contributed by atoms with Gasteiger partial charge in [0.05, 0.1) is 18.4 Å². The summed E-state index contributed by atoms with van der Waals surface area (Å²) in [6, 6.07) is 6.93. The Labute approximate surface area is 92.6 Å². The van der Waals surface area contributed by atoms with E-state index in [4.69, 9.17) is 5.26 Å². The molecule has 0 aliphatic carbocycles. The van der Waals surface area contributed by atoms with Gasteiger partial charge in [-0.1, -0.05) is 12.1 Å². The maximum atomic E-state index is 11.2. The fourth-order valence-corrected chi connectivity index (χ4v) is 1.19. The first kappa shape index (κ1) is 11.7. The molecule has 0 atom stereocenters. The van der Waals surface area contributed by atoms with Crippen LogP contribution < -0.4 is 5.32 Å². The number of aryl methyl sites for hydroxylation is 1. The summed E-state index contributed by atoms with van der Waals surface area (Å²) in [4.78, 5) is 22.1. The minimum Gasteiger partial charge on any atom is -0.462 e. The standard InChI is InChI=1S/C11H10N2O3/c1-7-4-3-5-9(8(7)6-12)13-10(14)11(15)16-2/h3-5H,1-2H3,(H,13,14). The van der Waals surface area contributed by atoms with Gasteiger partial charge >= 0.3 is 11.9 Å². The zero-order valence-corrected chi connectivity index (χ0v) is 8.90. The molecule has 0 bridgehead atoms. The predicted molar refractivity (Wildman–Crippen MR) is 56.5 cm³/mol. The second-order valence-electron chi connectivity index (χ2n) is 3.05. The number of methoxy groups -OCH3 is 1. The van der Waals surface area contributed by atoms with E-state index in [1.54, 1.807) is 25.1 Å². The number of carbonyl (C=O) groups excluding carboxylic acids is 2. The molecule has 0 saturated heterocycles. The number of nitrogens with one attached hydrogen (secondary N) is 1. The highest BCUT2D eigenvalue weighted by atomic mass is 16.5. The molecule has 16 heavy (non-hydrogen) atoms. The van der Waals surface area contributed by atoms with Gasteiger partial charge in [-0.15, -0.1) is 0 Å². The van der Waals surface area contributed by atoms with Crippen molar-refractivity contribution in [3.05, 3.63) is 29.3 Å². The fraction of sp³-hybridized carbons (Fsp3) is 0.182. The summed E-state index contributed by atoms with van der Waals surface area (Å²) in [5.41, 5.74) is 1.36. The first-order chi connectivity index (χ1) is 7.60. The average molecular weight is 218 g/mol. The molecule has 1 aromatic rings. The third-order valence-corrected chi connectivity index (χ3v) is 2.00. The van der Waals surface area contributed by atoms with Crippen molar-refractivity contribution >= 4 is 17.6 Å². The van der Waals surface area contributed by atoms with E-state index in [2.05, 4.69) is 10.1 Å². The summed E-state index contributed by atoms with van der Waals surface area (Å²) >= 11 is 0. The number of hydrogen-bond donors (Lipinski definition) is 1. The SMILES string of the molecule is COC(=O)C(=O)Nc1cccc(C)c1C#N. The monoisotopic (exact) mass is 218 g/mol. The van der Waals surface area contributed by atoms with Crippen LogP contribution in [0.2, 0.25) is 0 Å². The molecule has 0 heterocycles. The van der Waals surface area contributed by atoms with E-state index in [1.165, 1.54) is 0 Å². The summed E-state index contributed by atoms with van der Waals surface area (Å²) in [5, 5.41) is 11.2. The summed E-state index contributed by atoms with van der Waals surface area (Å²) in [5.74, 6) is -1.89. The Hall–Kier alpha value is -2.35. The van der Waals surface area contributed by atoms with Crippen molar-refractivity contribution in [3.63, 3.8) is 0 Å². The molecular formula is C11H10N2O3. The van der Waals surface area contributed by atoms with Gasteiger partial charge in [-0.25, -0.2) is 4.79 Å². The van der Waals surface area contributed by atoms with E-state index in [0.717, 1.165) is 12.7 Å². The van der Waals surface area contributed by atoms with Gasteiger partial charge in [-0.2, -0.15) is 5.26 Å². The molecule has 5 heteroatoms. The second-order valence-corrected chi connectivity index (χ2v) is 3.05. The van der Waals surface area contributed by atoms with Crippen LogP contribution in [0.4, 0.5) is 5.69 Å². The number of amides is 1. The van der Waals surface area contributed by atoms with Crippen LogP contribution in [0.3, 0.4) is 0 Å². The zero-order valence-electron chi connectivity index (χ0n) is 8.90. The second kappa shape index (κ2) is 4.94. The van der Waals surface area contributed by atoms with Crippen molar-refractivity contribution in [1.82, 2.24) is 0 Å². The molecular weight excluding hydrogens is 208 g/mol. The molecule has 0 saturated carbocycles. The largest absolute Gasteiger partial charge is 0.462 e. The Morgan fingerprint density at radius 2 is 2.12 bits per heavy atom. The lowest BCUT2D eigenvalue weighted by Gasteiger charge is -2.07. The van der Waals surface area contributed by atoms with Gasteiger partial charge in [0, 0.05) is 0 Å². The highest BCUT2D eigenvalue weighted by Gasteiger charge is 2.15. The highest BCUT2D eigenvalue weighted by Crippen LogP contribution is 2.18. The smallest absolute Gasteiger partial charge is 0.396 e. The van der Waals surface area contributed by atoms with Crippen LogP contribution >= 0.6 is 0 Å². The van der Waals surface area contributed by atoms with Crippen molar-refractivity contribution in [3.8, 4) is 6.07 Å². The molecule has 0 unspecified atom stereocenters. The topological polar surface area (TPSA) is 79.2 Å². The van der Waals surface area contributed by atoms with Crippen LogP contribution in [0.5, 0.6) is 0 Å². The van der Waals surface area contributed by atoms with Crippen LogP contribution in [0, 0.1) is 18.3 Å². The van der Waals surface area contributed by atoms with E-state index in [-0.39, 0.29) is 0 Å². The van der Waals surface area contributed by atoms with Crippen molar-refractivity contribution in [2.75, 3.05) is 12.4 Å². The Kier molecular flexibility index (Phi) is 3.62. The summed E-state index contributed by atoms with van der Waals surface area (Å²) in [6.07, 6.45) is 0. The highest BCUT2D eigenvalue weighted by molar-refractivity contribution is 6.37. The lowest BCUT2D eigenvalue weighted by molar-refractivity contribution is -0.150. The third-order valence-electron chi connectivity index (χ3n) is 2.00. The Balaban J connectivity index is 2.99. The normalized spacial score (nSPS) is 9.06. The third kappa shape index (κ3) is 2.36. The molecule has 0 aromatic heterocycles. The zero-order chi connectivity index (χ0) is 12.1. The van der Waals surface area contributed by atoms with Gasteiger partial charge in [0.15, 0.2) is 0 Å². The van der Waals surface area contributed by atoms with Crippen molar-refractivity contribution < 1.29 is 14.3 Å². The van der Waals surface area contributed by atoms with Crippen LogP contribution in [0.15, 0.2) is 18.2 Å². The van der Waals surface area contributed by atoms with Crippen molar-refractivity contribution in [2.24, 2.45) is 0 Å². The molecule has 1 N–H and O–H groups in total. The van der Waals surface area contributed by atoms with Crippen molar-refractivity contribution in [1.29, 1.82) is 5.26 Å². The lowest BCUT2D eigenvalue weighted by Crippen LogP contribution is -2.24. The molecule has 0 aliphatic heterocycles. The summed E-state index contributed by atoms with van der Waals surface area (Å²) < 4.78 is 4.25. The van der Waals surface area contributed by atoms with E-state index >= 15 is 0 Å². The first-order valence-corrected chi connectivity index (χ1v) is 4.49. The molecule has 0 radical (unpaired) electrons. The van der Waals surface area contributed by atoms with E-state index in [9.17, 15) is 9.59 Å². The number of nitriles is 1. The first-order valence-electron chi connectivity index (χ1n) is 4.49. The molecule has 0 fully saturated rings. The maximum absolute atomic E-state index is 11.2. The number of ether oxygens (including phenoxy) is 1. The Bertz CT molecular complexity index is 475. The lowest BCUT2D eigenvalue weighted by atomic mass is 10.1. The minimum absolute atomic E-state index is 0.304. The number of rotatable bonds is 1. The van der Waals surface area contributed by atoms with Gasteiger partial charge in [0.1, 0.15) is 6.07 Å². The quantitative estimate of drug-likeness (QED) is 0.562. The molecule has 1 amide bonds. The molecule has 0 aliphatic rings. The van der Waals surface area contributed by atoms with Gasteiger partial charge in [-0.3, -0.25) is 4.79 Å². The number of anilines is 1. The Morgan fingerprint density at radius 3 is 2.69 bits per heavy atom. The van der Waals surface area contributed by atoms with Gasteiger partial charge in [0.2, 0.25) is 0 Å². The summed E-state index contributed by atoms with van der Waals surface area (Å²) in [7, 11) is 1.11. The van der Waals surface area contributed by atoms with E-state index < -0.39 is 11.9 Å². The molecule has 1 aromatic carbocycles. The van der Waals surface area contributed by atoms with E-state index in [0.29, 0.717) is 11.3 Å². The molecule has 82 valence electrons. The number of nitrogens with zero attached hydrogens (tertiary/aromatic N) is 1. The average Bonchev–Trinajstić information content (AvgIpc) is 2.28. The van der Waals surface area contributed by atoms with Gasteiger partial charge in [0.25, 0.3) is 0 Å². The maximum Gasteiger partial charge on any atom is 0.396 e. The van der Waals surface area contributed by atoms with Gasteiger partial charge in [-0.05, 0) is 18.6 Å². The Morgan fingerprint density at radius 1 is 1.44 bits per heavy atom. The molecule has 0 spiro atoms. The van der Waals surface area contributed by atoms with Gasteiger partial charge < -0.3 is 10.1 Å². The number of hydrogen-bond acceptors (Lipinski definition) is 4. The van der Waals surface area contributed by atoms with Crippen LogP contribution in [-0.4, -0.2) is 19.0 Å². The number of carbonyl (C=O) groups is 2. The fourth-order valence-electron chi connectivity index (χ4n) is 1.19. The minimum atomic E-state index is -0.995. The van der Waals surface area contributed by atoms with Crippen LogP contribution in [-0.2, 0) is 14.3 Å². The number of benzene rings is 1. The molecule has 5 nitrogen and oxygen atoms in total.